The van der Waals surface area contributed by atoms with E-state index in [1.165, 1.54) is 10.9 Å². The van der Waals surface area contributed by atoms with Gasteiger partial charge in [-0.3, -0.25) is 0 Å². The molecule has 0 aliphatic heterocycles. The first-order valence-corrected chi connectivity index (χ1v) is 5.09. The van der Waals surface area contributed by atoms with Crippen molar-refractivity contribution in [2.24, 2.45) is 0 Å². The molecule has 2 rings (SSSR count). The molecule has 1 aromatic heterocycles. The lowest BCUT2D eigenvalue weighted by Gasteiger charge is -2.12. The molecule has 0 bridgehead atoms. The summed E-state index contributed by atoms with van der Waals surface area (Å²) in [5, 5.41) is 9.01. The summed E-state index contributed by atoms with van der Waals surface area (Å²) in [6, 6.07) is 1.09. The fourth-order valence-corrected chi connectivity index (χ4v) is 1.76. The minimum atomic E-state index is -1.03. The van der Waals surface area contributed by atoms with Gasteiger partial charge in [-0.05, 0) is 6.42 Å². The van der Waals surface area contributed by atoms with Crippen LogP contribution in [0.2, 0.25) is 0 Å². The number of aliphatic carboxylic acids is 1. The number of rotatable bonds is 3. The molecule has 0 spiro atoms. The van der Waals surface area contributed by atoms with Gasteiger partial charge in [-0.15, -0.1) is 0 Å². The number of imidazole rings is 1. The van der Waals surface area contributed by atoms with E-state index in [4.69, 9.17) is 5.11 Å². The molecule has 1 aromatic carbocycles. The average Bonchev–Trinajstić information content (AvgIpc) is 2.63. The Labute approximate surface area is 95.5 Å². The highest BCUT2D eigenvalue weighted by Gasteiger charge is 2.20. The van der Waals surface area contributed by atoms with E-state index in [0.717, 1.165) is 12.1 Å². The van der Waals surface area contributed by atoms with E-state index in [-0.39, 0.29) is 11.0 Å². The molecule has 0 aliphatic carbocycles. The standard InChI is InChI=1S/C11H10F2N2O2/c1-2-9(11(16)17)15-5-14-8-3-6(12)7(13)4-10(8)15/h3-5,9H,2H2,1H3,(H,16,17). The molecule has 1 atom stereocenters. The predicted octanol–water partition coefficient (Wildman–Crippen LogP) is 2.35. The fourth-order valence-electron chi connectivity index (χ4n) is 1.76. The summed E-state index contributed by atoms with van der Waals surface area (Å²) in [6.45, 7) is 1.70. The molecular weight excluding hydrogens is 230 g/mol. The number of nitrogens with zero attached hydrogens (tertiary/aromatic N) is 2. The molecule has 4 nitrogen and oxygen atoms in total. The van der Waals surface area contributed by atoms with Gasteiger partial charge in [-0.1, -0.05) is 6.92 Å². The maximum atomic E-state index is 13.1. The summed E-state index contributed by atoms with van der Waals surface area (Å²) < 4.78 is 27.4. The van der Waals surface area contributed by atoms with Gasteiger partial charge in [-0.2, -0.15) is 0 Å². The zero-order valence-electron chi connectivity index (χ0n) is 9.02. The fraction of sp³-hybridized carbons (Fsp3) is 0.273. The van der Waals surface area contributed by atoms with Gasteiger partial charge in [-0.25, -0.2) is 18.6 Å². The number of carbonyl (C=O) groups is 1. The summed E-state index contributed by atoms with van der Waals surface area (Å²) in [5.41, 5.74) is 0.516. The van der Waals surface area contributed by atoms with E-state index >= 15 is 0 Å². The largest absolute Gasteiger partial charge is 0.480 e. The number of halogens is 2. The van der Waals surface area contributed by atoms with Crippen LogP contribution in [0.1, 0.15) is 19.4 Å². The quantitative estimate of drug-likeness (QED) is 0.895. The molecule has 90 valence electrons. The van der Waals surface area contributed by atoms with E-state index in [9.17, 15) is 13.6 Å². The molecule has 0 saturated heterocycles. The van der Waals surface area contributed by atoms with Crippen molar-refractivity contribution in [1.29, 1.82) is 0 Å². The Kier molecular flexibility index (Phi) is 2.79. The van der Waals surface area contributed by atoms with Crippen molar-refractivity contribution >= 4 is 17.0 Å². The monoisotopic (exact) mass is 240 g/mol. The topological polar surface area (TPSA) is 55.1 Å². The third-order valence-electron chi connectivity index (χ3n) is 2.62. The SMILES string of the molecule is CCC(C(=O)O)n1cnc2cc(F)c(F)cc21. The van der Waals surface area contributed by atoms with E-state index in [2.05, 4.69) is 4.98 Å². The lowest BCUT2D eigenvalue weighted by molar-refractivity contribution is -0.140. The number of fused-ring (bicyclic) bond motifs is 1. The Hall–Kier alpha value is -1.98. The lowest BCUT2D eigenvalue weighted by atomic mass is 10.2. The lowest BCUT2D eigenvalue weighted by Crippen LogP contribution is -2.17. The van der Waals surface area contributed by atoms with Gasteiger partial charge in [0.15, 0.2) is 11.6 Å². The zero-order chi connectivity index (χ0) is 12.6. The highest BCUT2D eigenvalue weighted by atomic mass is 19.2. The summed E-state index contributed by atoms with van der Waals surface area (Å²) >= 11 is 0. The maximum absolute atomic E-state index is 13.1. The second-order valence-electron chi connectivity index (χ2n) is 3.67. The van der Waals surface area contributed by atoms with Gasteiger partial charge >= 0.3 is 5.97 Å². The van der Waals surface area contributed by atoms with Crippen LogP contribution in [0.25, 0.3) is 11.0 Å². The van der Waals surface area contributed by atoms with Gasteiger partial charge in [0.05, 0.1) is 17.4 Å². The molecule has 0 aliphatic rings. The van der Waals surface area contributed by atoms with Crippen LogP contribution < -0.4 is 0 Å². The number of hydrogen-bond donors (Lipinski definition) is 1. The number of hydrogen-bond acceptors (Lipinski definition) is 2. The van der Waals surface area contributed by atoms with Crippen molar-refractivity contribution in [3.8, 4) is 0 Å². The highest BCUT2D eigenvalue weighted by molar-refractivity contribution is 5.79. The van der Waals surface area contributed by atoms with Gasteiger partial charge in [0.2, 0.25) is 0 Å². The molecule has 1 heterocycles. The van der Waals surface area contributed by atoms with Crippen LogP contribution in [0.15, 0.2) is 18.5 Å². The zero-order valence-corrected chi connectivity index (χ0v) is 9.02. The molecule has 0 amide bonds. The molecule has 1 N–H and O–H groups in total. The first-order chi connectivity index (χ1) is 8.04. The number of carboxylic acids is 1. The van der Waals surface area contributed by atoms with Crippen molar-refractivity contribution in [1.82, 2.24) is 9.55 Å². The highest BCUT2D eigenvalue weighted by Crippen LogP contribution is 2.22. The van der Waals surface area contributed by atoms with Crippen LogP contribution in [0.4, 0.5) is 8.78 Å². The average molecular weight is 240 g/mol. The third-order valence-corrected chi connectivity index (χ3v) is 2.62. The van der Waals surface area contributed by atoms with Crippen molar-refractivity contribution in [2.75, 3.05) is 0 Å². The number of benzene rings is 1. The molecule has 0 saturated carbocycles. The van der Waals surface area contributed by atoms with Crippen LogP contribution in [0, 0.1) is 11.6 Å². The van der Waals surface area contributed by atoms with Gasteiger partial charge in [0.25, 0.3) is 0 Å². The van der Waals surface area contributed by atoms with Crippen LogP contribution in [-0.4, -0.2) is 20.6 Å². The van der Waals surface area contributed by atoms with Gasteiger partial charge in [0.1, 0.15) is 6.04 Å². The minimum Gasteiger partial charge on any atom is -0.480 e. The van der Waals surface area contributed by atoms with Crippen molar-refractivity contribution in [3.63, 3.8) is 0 Å². The Balaban J connectivity index is 2.63. The Morgan fingerprint density at radius 1 is 1.47 bits per heavy atom. The summed E-state index contributed by atoms with van der Waals surface area (Å²) in [5.74, 6) is -3.04. The van der Waals surface area contributed by atoms with Crippen LogP contribution >= 0.6 is 0 Å². The molecule has 6 heteroatoms. The van der Waals surface area contributed by atoms with E-state index in [0.29, 0.717) is 6.42 Å². The molecule has 1 unspecified atom stereocenters. The molecule has 17 heavy (non-hydrogen) atoms. The molecule has 0 radical (unpaired) electrons. The first kappa shape index (κ1) is 11.5. The maximum Gasteiger partial charge on any atom is 0.326 e. The van der Waals surface area contributed by atoms with E-state index in [1.807, 2.05) is 0 Å². The van der Waals surface area contributed by atoms with Crippen LogP contribution in [0.5, 0.6) is 0 Å². The van der Waals surface area contributed by atoms with E-state index < -0.39 is 23.6 Å². The van der Waals surface area contributed by atoms with Gasteiger partial charge in [0, 0.05) is 12.1 Å². The number of carboxylic acid groups (broad SMARTS) is 1. The second kappa shape index (κ2) is 4.12. The second-order valence-corrected chi connectivity index (χ2v) is 3.67. The molecule has 0 fully saturated rings. The van der Waals surface area contributed by atoms with Gasteiger partial charge < -0.3 is 9.67 Å². The minimum absolute atomic E-state index is 0.239. The van der Waals surface area contributed by atoms with Crippen LogP contribution in [0.3, 0.4) is 0 Å². The molecular formula is C11H10F2N2O2. The predicted molar refractivity (Wildman–Crippen MR) is 56.6 cm³/mol. The van der Waals surface area contributed by atoms with Crippen molar-refractivity contribution in [3.05, 3.63) is 30.1 Å². The smallest absolute Gasteiger partial charge is 0.326 e. The first-order valence-electron chi connectivity index (χ1n) is 5.09. The normalized spacial score (nSPS) is 12.9. The van der Waals surface area contributed by atoms with Crippen LogP contribution in [-0.2, 0) is 4.79 Å². The Morgan fingerprint density at radius 2 is 2.12 bits per heavy atom. The number of aromatic nitrogens is 2. The third kappa shape index (κ3) is 1.86. The van der Waals surface area contributed by atoms with Crippen molar-refractivity contribution in [2.45, 2.75) is 19.4 Å². The summed E-state index contributed by atoms with van der Waals surface area (Å²) in [4.78, 5) is 14.9. The Bertz CT molecular complexity index is 580. The van der Waals surface area contributed by atoms with Crippen molar-refractivity contribution < 1.29 is 18.7 Å². The van der Waals surface area contributed by atoms with E-state index in [1.54, 1.807) is 6.92 Å². The Morgan fingerprint density at radius 3 is 2.71 bits per heavy atom. The summed E-state index contributed by atoms with van der Waals surface area (Å²) in [7, 11) is 0. The summed E-state index contributed by atoms with van der Waals surface area (Å²) in [6.07, 6.45) is 1.62. The molecule has 2 aromatic rings.